The van der Waals surface area contributed by atoms with Gasteiger partial charge in [-0.1, -0.05) is 15.9 Å². The van der Waals surface area contributed by atoms with Crippen LogP contribution in [0.15, 0.2) is 21.5 Å². The molecule has 1 atom stereocenters. The van der Waals surface area contributed by atoms with Crippen LogP contribution in [0.3, 0.4) is 0 Å². The molecule has 1 aromatic rings. The van der Waals surface area contributed by atoms with E-state index >= 15 is 0 Å². The molecular formula is C15H22BrNO2S. The Balaban J connectivity index is 2.63. The topological polar surface area (TPSA) is 29.5 Å². The predicted octanol–water partition coefficient (Wildman–Crippen LogP) is 3.65. The number of ether oxygens (including phenoxy) is 1. The molecule has 0 bridgehead atoms. The van der Waals surface area contributed by atoms with Crippen LogP contribution in [0.5, 0.6) is 0 Å². The van der Waals surface area contributed by atoms with Gasteiger partial charge in [-0.15, -0.1) is 11.8 Å². The monoisotopic (exact) mass is 359 g/mol. The molecule has 0 aromatic heterocycles. The van der Waals surface area contributed by atoms with Crippen molar-refractivity contribution in [3.8, 4) is 0 Å². The van der Waals surface area contributed by atoms with Crippen LogP contribution < -0.4 is 0 Å². The van der Waals surface area contributed by atoms with Crippen molar-refractivity contribution < 1.29 is 9.53 Å². The maximum atomic E-state index is 12.1. The van der Waals surface area contributed by atoms with E-state index in [0.717, 1.165) is 9.37 Å². The second kappa shape index (κ2) is 8.05. The molecule has 1 amide bonds. The van der Waals surface area contributed by atoms with Crippen LogP contribution in [0.4, 0.5) is 0 Å². The first kappa shape index (κ1) is 17.5. The highest BCUT2D eigenvalue weighted by Crippen LogP contribution is 2.28. The average molecular weight is 360 g/mol. The zero-order valence-corrected chi connectivity index (χ0v) is 15.1. The first-order valence-corrected chi connectivity index (χ1v) is 8.28. The van der Waals surface area contributed by atoms with Gasteiger partial charge in [0.15, 0.2) is 0 Å². The third kappa shape index (κ3) is 4.79. The number of thioether (sulfide) groups is 1. The quantitative estimate of drug-likeness (QED) is 0.726. The lowest BCUT2D eigenvalue weighted by atomic mass is 10.2. The number of aryl methyl sites for hydroxylation is 2. The summed E-state index contributed by atoms with van der Waals surface area (Å²) in [6.07, 6.45) is 0. The maximum Gasteiger partial charge on any atom is 0.232 e. The van der Waals surface area contributed by atoms with Crippen molar-refractivity contribution in [1.82, 2.24) is 4.90 Å². The van der Waals surface area contributed by atoms with Gasteiger partial charge in [0.2, 0.25) is 5.91 Å². The number of hydrogen-bond donors (Lipinski definition) is 0. The smallest absolute Gasteiger partial charge is 0.232 e. The van der Waals surface area contributed by atoms with Gasteiger partial charge in [-0.3, -0.25) is 4.79 Å². The van der Waals surface area contributed by atoms with E-state index in [9.17, 15) is 4.79 Å². The van der Waals surface area contributed by atoms with Crippen molar-refractivity contribution in [3.63, 3.8) is 0 Å². The molecule has 20 heavy (non-hydrogen) atoms. The third-order valence-corrected chi connectivity index (χ3v) is 5.27. The molecule has 0 saturated heterocycles. The van der Waals surface area contributed by atoms with Gasteiger partial charge in [-0.05, 0) is 44.0 Å². The molecule has 0 radical (unpaired) electrons. The molecular weight excluding hydrogens is 338 g/mol. The largest absolute Gasteiger partial charge is 0.383 e. The van der Waals surface area contributed by atoms with Crippen LogP contribution in [-0.2, 0) is 9.53 Å². The predicted molar refractivity (Wildman–Crippen MR) is 88.4 cm³/mol. The summed E-state index contributed by atoms with van der Waals surface area (Å²) in [5, 5.41) is 0. The van der Waals surface area contributed by atoms with E-state index in [4.69, 9.17) is 4.74 Å². The Morgan fingerprint density at radius 1 is 1.40 bits per heavy atom. The van der Waals surface area contributed by atoms with E-state index in [1.807, 2.05) is 14.0 Å². The van der Waals surface area contributed by atoms with Crippen molar-refractivity contribution in [2.75, 3.05) is 26.5 Å². The van der Waals surface area contributed by atoms with Crippen LogP contribution in [-0.4, -0.2) is 43.4 Å². The Morgan fingerprint density at radius 2 is 2.05 bits per heavy atom. The Bertz CT molecular complexity index is 479. The van der Waals surface area contributed by atoms with Crippen LogP contribution in [0, 0.1) is 13.8 Å². The third-order valence-electron chi connectivity index (χ3n) is 3.27. The zero-order chi connectivity index (χ0) is 15.3. The molecule has 5 heteroatoms. The maximum absolute atomic E-state index is 12.1. The number of amides is 1. The second-order valence-electron chi connectivity index (χ2n) is 4.96. The minimum atomic E-state index is 0.0980. The summed E-state index contributed by atoms with van der Waals surface area (Å²) in [5.74, 6) is 0.575. The fraction of sp³-hybridized carbons (Fsp3) is 0.533. The molecule has 0 heterocycles. The minimum absolute atomic E-state index is 0.0980. The number of nitrogens with zero attached hydrogens (tertiary/aromatic N) is 1. The van der Waals surface area contributed by atoms with Crippen LogP contribution in [0.25, 0.3) is 0 Å². The Morgan fingerprint density at radius 3 is 2.65 bits per heavy atom. The van der Waals surface area contributed by atoms with Gasteiger partial charge in [0.25, 0.3) is 0 Å². The van der Waals surface area contributed by atoms with Gasteiger partial charge < -0.3 is 9.64 Å². The van der Waals surface area contributed by atoms with E-state index in [0.29, 0.717) is 12.4 Å². The number of carbonyl (C=O) groups is 1. The number of benzene rings is 1. The number of likely N-dealkylation sites (N-methyl/N-ethyl adjacent to an activating group) is 1. The summed E-state index contributed by atoms with van der Waals surface area (Å²) in [4.78, 5) is 15.0. The second-order valence-corrected chi connectivity index (χ2v) is 6.84. The molecule has 0 N–H and O–H groups in total. The number of rotatable bonds is 6. The molecule has 1 aromatic carbocycles. The highest BCUT2D eigenvalue weighted by atomic mass is 79.9. The van der Waals surface area contributed by atoms with Gasteiger partial charge in [-0.25, -0.2) is 0 Å². The molecule has 112 valence electrons. The highest BCUT2D eigenvalue weighted by Gasteiger charge is 2.16. The van der Waals surface area contributed by atoms with Gasteiger partial charge in [0.05, 0.1) is 18.4 Å². The van der Waals surface area contributed by atoms with Gasteiger partial charge >= 0.3 is 0 Å². The lowest BCUT2D eigenvalue weighted by Crippen LogP contribution is -2.38. The summed E-state index contributed by atoms with van der Waals surface area (Å²) in [5.41, 5.74) is 2.37. The number of halogens is 1. The summed E-state index contributed by atoms with van der Waals surface area (Å²) in [6, 6.07) is 4.32. The molecule has 0 saturated carbocycles. The van der Waals surface area contributed by atoms with E-state index in [1.54, 1.807) is 23.8 Å². The molecule has 0 aliphatic heterocycles. The van der Waals surface area contributed by atoms with Gasteiger partial charge in [-0.2, -0.15) is 0 Å². The fourth-order valence-electron chi connectivity index (χ4n) is 1.75. The van der Waals surface area contributed by atoms with Crippen molar-refractivity contribution in [1.29, 1.82) is 0 Å². The summed E-state index contributed by atoms with van der Waals surface area (Å²) in [6.45, 7) is 6.67. The van der Waals surface area contributed by atoms with Gasteiger partial charge in [0, 0.05) is 23.5 Å². The molecule has 0 aliphatic rings. The molecule has 3 nitrogen and oxygen atoms in total. The zero-order valence-electron chi connectivity index (χ0n) is 12.7. The van der Waals surface area contributed by atoms with E-state index in [2.05, 4.69) is 41.9 Å². The number of hydrogen-bond acceptors (Lipinski definition) is 3. The van der Waals surface area contributed by atoms with Crippen molar-refractivity contribution in [3.05, 3.63) is 27.7 Å². The number of carbonyl (C=O) groups excluding carboxylic acids is 1. The van der Waals surface area contributed by atoms with E-state index in [-0.39, 0.29) is 11.9 Å². The van der Waals surface area contributed by atoms with Crippen molar-refractivity contribution >= 4 is 33.6 Å². The summed E-state index contributed by atoms with van der Waals surface area (Å²) >= 11 is 5.11. The van der Waals surface area contributed by atoms with Gasteiger partial charge in [0.1, 0.15) is 0 Å². The van der Waals surface area contributed by atoms with Crippen LogP contribution in [0.2, 0.25) is 0 Å². The molecule has 0 aliphatic carbocycles. The average Bonchev–Trinajstić information content (AvgIpc) is 2.40. The van der Waals surface area contributed by atoms with Crippen molar-refractivity contribution in [2.24, 2.45) is 0 Å². The molecule has 1 unspecified atom stereocenters. The fourth-order valence-corrected chi connectivity index (χ4v) is 3.24. The Hall–Kier alpha value is -0.520. The Kier molecular flexibility index (Phi) is 7.06. The Labute approximate surface area is 134 Å². The molecule has 1 rings (SSSR count). The first-order chi connectivity index (χ1) is 9.36. The number of methoxy groups -OCH3 is 1. The summed E-state index contributed by atoms with van der Waals surface area (Å²) < 4.78 is 6.19. The SMILES string of the molecule is COCC(C)N(C)C(=O)CSc1cc(C)c(Br)cc1C. The normalized spacial score (nSPS) is 12.3. The molecule has 0 fully saturated rings. The lowest BCUT2D eigenvalue weighted by molar-refractivity contribution is -0.129. The highest BCUT2D eigenvalue weighted by molar-refractivity contribution is 9.10. The molecule has 0 spiro atoms. The minimum Gasteiger partial charge on any atom is -0.383 e. The summed E-state index contributed by atoms with van der Waals surface area (Å²) in [7, 11) is 3.48. The lowest BCUT2D eigenvalue weighted by Gasteiger charge is -2.24. The van der Waals surface area contributed by atoms with E-state index < -0.39 is 0 Å². The van der Waals surface area contributed by atoms with Crippen LogP contribution >= 0.6 is 27.7 Å². The van der Waals surface area contributed by atoms with Crippen LogP contribution in [0.1, 0.15) is 18.1 Å². The first-order valence-electron chi connectivity index (χ1n) is 6.51. The van der Waals surface area contributed by atoms with Crippen molar-refractivity contribution in [2.45, 2.75) is 31.7 Å². The standard InChI is InChI=1S/C15H22BrNO2S/c1-10-7-14(11(2)6-13(10)16)20-9-15(18)17(4)12(3)8-19-5/h6-7,12H,8-9H2,1-5H3. The van der Waals surface area contributed by atoms with E-state index in [1.165, 1.54) is 11.1 Å².